The molecule has 2 aromatic rings. The van der Waals surface area contributed by atoms with Crippen LogP contribution in [0.3, 0.4) is 0 Å². The van der Waals surface area contributed by atoms with E-state index in [1.54, 1.807) is 0 Å². The summed E-state index contributed by atoms with van der Waals surface area (Å²) in [7, 11) is -4.61. The lowest BCUT2D eigenvalue weighted by molar-refractivity contribution is 0.0692. The van der Waals surface area contributed by atoms with Crippen molar-refractivity contribution in [2.75, 3.05) is 76.4 Å². The van der Waals surface area contributed by atoms with Crippen LogP contribution in [-0.4, -0.2) is 121 Å². The summed E-state index contributed by atoms with van der Waals surface area (Å²) in [5.74, 6) is -2.10. The molecule has 0 aromatic heterocycles. The van der Waals surface area contributed by atoms with Gasteiger partial charge in [0, 0.05) is 51.0 Å². The number of anilines is 2. The van der Waals surface area contributed by atoms with E-state index in [1.165, 1.54) is 50.0 Å². The standard InChI is InChI=1S/C17H27N3O4S.C10H13NO5S.C7H16N2/c1-4-20-8-6-7-12(20)11-19-17(21)13-9-16(25(22,23)5-2)14(18)10-15(13)24-3;1-3-17(14,15)9-4-6(10(12)13)8(16-2)5-7(9)11;1-2-9-5-3-4-7(9)6-8/h9-10,12H,4-8,11,18H2,1-3H3,(H,19,21);4-5H,3,11H2,1-2H3,(H,12,13);7H,2-6,8H2,1H3/i1D3,4D2;;1D3,2D2. The maximum atomic E-state index is 12.8. The van der Waals surface area contributed by atoms with Crippen molar-refractivity contribution < 1.29 is 54.7 Å². The van der Waals surface area contributed by atoms with Gasteiger partial charge in [-0.3, -0.25) is 14.6 Å². The number of hydrogen-bond acceptors (Lipinski definition) is 13. The molecule has 2 fully saturated rings. The Morgan fingerprint density at radius 3 is 1.75 bits per heavy atom. The van der Waals surface area contributed by atoms with Gasteiger partial charge in [0.25, 0.3) is 5.91 Å². The summed E-state index contributed by atoms with van der Waals surface area (Å²) in [5.41, 5.74) is 16.6. The number of likely N-dealkylation sites (tertiary alicyclic amines) is 2. The van der Waals surface area contributed by atoms with Crippen LogP contribution < -0.4 is 32.0 Å². The molecule has 4 rings (SSSR count). The maximum absolute atomic E-state index is 12.8. The molecule has 0 saturated carbocycles. The van der Waals surface area contributed by atoms with Gasteiger partial charge < -0.3 is 37.1 Å². The van der Waals surface area contributed by atoms with Crippen LogP contribution in [0.1, 0.15) is 87.7 Å². The Morgan fingerprint density at radius 1 is 0.863 bits per heavy atom. The number of carbonyl (C=O) groups excluding carboxylic acids is 1. The molecule has 0 aliphatic carbocycles. The zero-order valence-corrected chi connectivity index (χ0v) is 30.8. The second-order valence-corrected chi connectivity index (χ2v) is 15.9. The number of nitrogen functional groups attached to an aromatic ring is 2. The van der Waals surface area contributed by atoms with Crippen LogP contribution in [0.5, 0.6) is 11.5 Å². The van der Waals surface area contributed by atoms with Gasteiger partial charge in [-0.25, -0.2) is 21.6 Å². The number of methoxy groups -OCH3 is 2. The first-order chi connectivity index (χ1) is 27.9. The fourth-order valence-electron chi connectivity index (χ4n) is 5.41. The summed E-state index contributed by atoms with van der Waals surface area (Å²) in [6.45, 7) is -6.25. The number of likely N-dealkylation sites (N-methyl/N-ethyl adjacent to an activating group) is 2. The number of nitrogens with two attached hydrogens (primary N) is 3. The van der Waals surface area contributed by atoms with Crippen LogP contribution in [0, 0.1) is 0 Å². The lowest BCUT2D eigenvalue weighted by Crippen LogP contribution is -2.40. The first kappa shape index (κ1) is 29.9. The summed E-state index contributed by atoms with van der Waals surface area (Å²) < 4.78 is 133. The number of carboxylic acids is 1. The molecule has 2 unspecified atom stereocenters. The third kappa shape index (κ3) is 11.4. The summed E-state index contributed by atoms with van der Waals surface area (Å²) in [6.07, 6.45) is 2.72. The van der Waals surface area contributed by atoms with Crippen LogP contribution in [0.2, 0.25) is 0 Å². The third-order valence-corrected chi connectivity index (χ3v) is 11.9. The Hall–Kier alpha value is -3.64. The second-order valence-electron chi connectivity index (χ2n) is 11.4. The molecule has 2 aliphatic heterocycles. The van der Waals surface area contributed by atoms with Crippen LogP contribution in [0.15, 0.2) is 34.1 Å². The zero-order valence-electron chi connectivity index (χ0n) is 39.2. The van der Waals surface area contributed by atoms with E-state index in [1.807, 2.05) is 0 Å². The van der Waals surface area contributed by atoms with E-state index in [0.717, 1.165) is 25.0 Å². The minimum atomic E-state index is -3.67. The Morgan fingerprint density at radius 2 is 1.31 bits per heavy atom. The highest BCUT2D eigenvalue weighted by molar-refractivity contribution is 7.91. The zero-order chi connectivity index (χ0) is 47.1. The molecular weight excluding hydrogens is 701 g/mol. The van der Waals surface area contributed by atoms with Gasteiger partial charge in [-0.05, 0) is 63.9 Å². The second kappa shape index (κ2) is 19.8. The van der Waals surface area contributed by atoms with Crippen molar-refractivity contribution in [2.45, 2.75) is 75.1 Å². The number of rotatable bonds is 13. The van der Waals surface area contributed by atoms with Gasteiger partial charge in [-0.1, -0.05) is 27.6 Å². The van der Waals surface area contributed by atoms with Gasteiger partial charge in [-0.2, -0.15) is 0 Å². The van der Waals surface area contributed by atoms with E-state index < -0.39 is 64.3 Å². The minimum Gasteiger partial charge on any atom is -0.496 e. The van der Waals surface area contributed by atoms with Crippen LogP contribution in [0.25, 0.3) is 0 Å². The van der Waals surface area contributed by atoms with Crippen LogP contribution in [0.4, 0.5) is 11.4 Å². The Bertz CT molecular complexity index is 2090. The average molecular weight is 767 g/mol. The molecule has 0 radical (unpaired) electrons. The van der Waals surface area contributed by atoms with Crippen LogP contribution >= 0.6 is 0 Å². The molecule has 2 aromatic carbocycles. The van der Waals surface area contributed by atoms with Crippen LogP contribution in [-0.2, 0) is 19.7 Å². The van der Waals surface area contributed by atoms with E-state index in [4.69, 9.17) is 45.5 Å². The van der Waals surface area contributed by atoms with Gasteiger partial charge in [-0.15, -0.1) is 0 Å². The SMILES string of the molecule is CCS(=O)(=O)c1cc(C(=O)O)c(OC)cc1N.[2H]C([2H])([2H])C([2H])([2H])N1CCCC1CN.[2H]C([2H])([2H])C([2H])([2H])N1CCCC1CNC(=O)c1cc(S(=O)(=O)CC)c(N)cc1OC. The molecule has 15 nitrogen and oxygen atoms in total. The Kier molecular flexibility index (Phi) is 11.6. The highest BCUT2D eigenvalue weighted by atomic mass is 32.2. The normalized spacial score (nSPS) is 21.8. The summed E-state index contributed by atoms with van der Waals surface area (Å²) in [5, 5.41) is 11.6. The van der Waals surface area contributed by atoms with E-state index in [9.17, 15) is 26.4 Å². The van der Waals surface area contributed by atoms with E-state index in [2.05, 4.69) is 5.32 Å². The number of carboxylic acid groups (broad SMARTS) is 1. The van der Waals surface area contributed by atoms with Crippen molar-refractivity contribution in [3.05, 3.63) is 35.4 Å². The molecule has 2 aliphatic rings. The molecule has 1 amide bonds. The van der Waals surface area contributed by atoms with Gasteiger partial charge in [0.15, 0.2) is 19.7 Å². The number of ether oxygens (including phenoxy) is 2. The fraction of sp³-hybridized carbons (Fsp3) is 0.588. The average Bonchev–Trinajstić information content (AvgIpc) is 3.87. The number of benzene rings is 2. The van der Waals surface area contributed by atoms with E-state index in [0.29, 0.717) is 25.9 Å². The van der Waals surface area contributed by atoms with Gasteiger partial charge in [0.1, 0.15) is 17.1 Å². The van der Waals surface area contributed by atoms with Gasteiger partial charge in [0.05, 0.1) is 52.5 Å². The topological polar surface area (TPSA) is 238 Å². The van der Waals surface area contributed by atoms with Crippen molar-refractivity contribution in [2.24, 2.45) is 5.73 Å². The number of amides is 1. The summed E-state index contributed by atoms with van der Waals surface area (Å²) >= 11 is 0. The number of sulfone groups is 2. The van der Waals surface area contributed by atoms with Gasteiger partial charge >= 0.3 is 5.97 Å². The first-order valence-corrected chi connectivity index (χ1v) is 19.4. The predicted molar refractivity (Wildman–Crippen MR) is 199 cm³/mol. The molecule has 17 heteroatoms. The maximum Gasteiger partial charge on any atom is 0.339 e. The molecule has 2 saturated heterocycles. The molecule has 2 atom stereocenters. The monoisotopic (exact) mass is 766 g/mol. The molecule has 288 valence electrons. The number of nitrogens with zero attached hydrogens (tertiary/aromatic N) is 2. The molecule has 51 heavy (non-hydrogen) atoms. The predicted octanol–water partition coefficient (Wildman–Crippen LogP) is 2.48. The first-order valence-electron chi connectivity index (χ1n) is 21.1. The van der Waals surface area contributed by atoms with E-state index in [-0.39, 0.29) is 74.4 Å². The number of aromatic carboxylic acids is 1. The molecule has 0 spiro atoms. The summed E-state index contributed by atoms with van der Waals surface area (Å²) in [4.78, 5) is 26.0. The fourth-order valence-corrected chi connectivity index (χ4v) is 7.47. The Labute approximate surface area is 316 Å². The molecular formula is C34H56N6O9S2. The number of hydrogen-bond donors (Lipinski definition) is 5. The smallest absolute Gasteiger partial charge is 0.339 e. The third-order valence-electron chi connectivity index (χ3n) is 8.38. The number of carbonyl (C=O) groups is 2. The Balaban J connectivity index is 0.000000348. The van der Waals surface area contributed by atoms with Gasteiger partial charge in [0.2, 0.25) is 0 Å². The van der Waals surface area contributed by atoms with E-state index >= 15 is 0 Å². The van der Waals surface area contributed by atoms with Crippen molar-refractivity contribution in [3.63, 3.8) is 0 Å². The lowest BCUT2D eigenvalue weighted by atomic mass is 10.1. The number of nitrogens with one attached hydrogen (secondary N) is 1. The quantitative estimate of drug-likeness (QED) is 0.184. The summed E-state index contributed by atoms with van der Waals surface area (Å²) in [6, 6.07) is 4.01. The highest BCUT2D eigenvalue weighted by Gasteiger charge is 2.26. The van der Waals surface area contributed by atoms with Crippen molar-refractivity contribution >= 4 is 42.9 Å². The largest absolute Gasteiger partial charge is 0.496 e. The minimum absolute atomic E-state index is 0.00217. The molecule has 0 bridgehead atoms. The highest BCUT2D eigenvalue weighted by Crippen LogP contribution is 2.30. The molecule has 2 heterocycles. The lowest BCUT2D eigenvalue weighted by Gasteiger charge is -2.23. The van der Waals surface area contributed by atoms with Crippen molar-refractivity contribution in [1.29, 1.82) is 0 Å². The van der Waals surface area contributed by atoms with Crippen molar-refractivity contribution in [3.8, 4) is 11.5 Å². The molecule has 8 N–H and O–H groups in total. The van der Waals surface area contributed by atoms with Crippen molar-refractivity contribution in [1.82, 2.24) is 15.1 Å².